The Kier molecular flexibility index (Phi) is 6.72. The van der Waals surface area contributed by atoms with Crippen molar-refractivity contribution in [3.63, 3.8) is 0 Å². The van der Waals surface area contributed by atoms with Crippen LogP contribution in [-0.4, -0.2) is 67.8 Å². The number of ether oxygens (including phenoxy) is 1. The summed E-state index contributed by atoms with van der Waals surface area (Å²) in [7, 11) is 2.21. The predicted octanol–water partition coefficient (Wildman–Crippen LogP) is 2.56. The van der Waals surface area contributed by atoms with E-state index in [-0.39, 0.29) is 6.09 Å². The number of carbonyl (C=O) groups excluding carboxylic acids is 1. The molecule has 0 spiro atoms. The summed E-state index contributed by atoms with van der Waals surface area (Å²) in [4.78, 5) is 16.3. The molecule has 0 bridgehead atoms. The minimum atomic E-state index is -0.398. The van der Waals surface area contributed by atoms with Crippen LogP contribution in [0, 0.1) is 11.8 Å². The van der Waals surface area contributed by atoms with Gasteiger partial charge in [-0.1, -0.05) is 0 Å². The number of rotatable bonds is 5. The predicted molar refractivity (Wildman–Crippen MR) is 93.6 cm³/mol. The molecule has 0 radical (unpaired) electrons. The third-order valence-corrected chi connectivity index (χ3v) is 4.94. The molecule has 2 aliphatic rings. The number of carbonyl (C=O) groups is 1. The summed E-state index contributed by atoms with van der Waals surface area (Å²) in [5, 5.41) is 3.63. The van der Waals surface area contributed by atoms with Crippen LogP contribution in [0.15, 0.2) is 0 Å². The van der Waals surface area contributed by atoms with Gasteiger partial charge >= 0.3 is 6.09 Å². The van der Waals surface area contributed by atoms with Gasteiger partial charge in [-0.3, -0.25) is 0 Å². The van der Waals surface area contributed by atoms with E-state index in [1.807, 2.05) is 25.7 Å². The van der Waals surface area contributed by atoms with Gasteiger partial charge in [0.1, 0.15) is 5.60 Å². The van der Waals surface area contributed by atoms with Gasteiger partial charge in [0, 0.05) is 13.1 Å². The van der Waals surface area contributed by atoms with Crippen LogP contribution in [0.1, 0.15) is 46.5 Å². The van der Waals surface area contributed by atoms with E-state index in [0.717, 1.165) is 44.9 Å². The van der Waals surface area contributed by atoms with Gasteiger partial charge in [0.15, 0.2) is 0 Å². The smallest absolute Gasteiger partial charge is 0.410 e. The van der Waals surface area contributed by atoms with E-state index in [2.05, 4.69) is 17.3 Å². The number of piperidine rings is 1. The van der Waals surface area contributed by atoms with Crippen LogP contribution in [0.4, 0.5) is 4.79 Å². The molecule has 2 heterocycles. The largest absolute Gasteiger partial charge is 0.444 e. The van der Waals surface area contributed by atoms with E-state index < -0.39 is 5.60 Å². The average molecular weight is 325 g/mol. The molecule has 134 valence electrons. The van der Waals surface area contributed by atoms with E-state index in [0.29, 0.717) is 5.92 Å². The standard InChI is InChI=1S/C18H35N3O2/c1-18(2,3)23-17(22)21-12-8-16(14-21)5-9-19-13-15-6-10-20(4)11-7-15/h15-16,19H,5-14H2,1-4H3. The fraction of sp³-hybridized carbons (Fsp3) is 0.944. The van der Waals surface area contributed by atoms with Crippen LogP contribution in [0.25, 0.3) is 0 Å². The van der Waals surface area contributed by atoms with Crippen LogP contribution in [0.5, 0.6) is 0 Å². The molecule has 1 N–H and O–H groups in total. The lowest BCUT2D eigenvalue weighted by Crippen LogP contribution is -2.36. The van der Waals surface area contributed by atoms with Gasteiger partial charge in [-0.05, 0) is 91.5 Å². The van der Waals surface area contributed by atoms with Crippen molar-refractivity contribution >= 4 is 6.09 Å². The molecule has 2 saturated heterocycles. The number of nitrogens with zero attached hydrogens (tertiary/aromatic N) is 2. The van der Waals surface area contributed by atoms with E-state index in [4.69, 9.17) is 4.74 Å². The van der Waals surface area contributed by atoms with Crippen molar-refractivity contribution in [3.05, 3.63) is 0 Å². The van der Waals surface area contributed by atoms with Crippen LogP contribution >= 0.6 is 0 Å². The van der Waals surface area contributed by atoms with Crippen molar-refractivity contribution < 1.29 is 9.53 Å². The van der Waals surface area contributed by atoms with Crippen molar-refractivity contribution in [2.45, 2.75) is 52.1 Å². The highest BCUT2D eigenvalue weighted by molar-refractivity contribution is 5.68. The molecule has 2 fully saturated rings. The first-order chi connectivity index (χ1) is 10.8. The highest BCUT2D eigenvalue weighted by atomic mass is 16.6. The SMILES string of the molecule is CN1CCC(CNCCC2CCN(C(=O)OC(C)(C)C)C2)CC1. The first-order valence-corrected chi connectivity index (χ1v) is 9.20. The first-order valence-electron chi connectivity index (χ1n) is 9.20. The zero-order valence-corrected chi connectivity index (χ0v) is 15.4. The van der Waals surface area contributed by atoms with Crippen LogP contribution in [0.3, 0.4) is 0 Å². The second-order valence-corrected chi connectivity index (χ2v) is 8.32. The summed E-state index contributed by atoms with van der Waals surface area (Å²) in [6.45, 7) is 12.1. The average Bonchev–Trinajstić information content (AvgIpc) is 2.93. The molecular weight excluding hydrogens is 290 g/mol. The molecule has 0 aromatic rings. The lowest BCUT2D eigenvalue weighted by molar-refractivity contribution is 0.0287. The summed E-state index contributed by atoms with van der Waals surface area (Å²) < 4.78 is 5.45. The maximum absolute atomic E-state index is 12.1. The molecule has 1 unspecified atom stereocenters. The van der Waals surface area contributed by atoms with Crippen molar-refractivity contribution in [2.75, 3.05) is 46.3 Å². The number of hydrogen-bond donors (Lipinski definition) is 1. The quantitative estimate of drug-likeness (QED) is 0.789. The summed E-state index contributed by atoms with van der Waals surface area (Å²) in [5.41, 5.74) is -0.398. The molecule has 0 aromatic carbocycles. The molecule has 5 nitrogen and oxygen atoms in total. The summed E-state index contributed by atoms with van der Waals surface area (Å²) in [6, 6.07) is 0. The maximum Gasteiger partial charge on any atom is 0.410 e. The molecule has 23 heavy (non-hydrogen) atoms. The topological polar surface area (TPSA) is 44.8 Å². The molecule has 0 saturated carbocycles. The van der Waals surface area contributed by atoms with Gasteiger partial charge in [-0.25, -0.2) is 4.79 Å². The number of likely N-dealkylation sites (tertiary alicyclic amines) is 2. The summed E-state index contributed by atoms with van der Waals surface area (Å²) >= 11 is 0. The van der Waals surface area contributed by atoms with Gasteiger partial charge in [0.05, 0.1) is 0 Å². The molecule has 1 amide bonds. The van der Waals surface area contributed by atoms with Gasteiger partial charge in [0.2, 0.25) is 0 Å². The third-order valence-electron chi connectivity index (χ3n) is 4.94. The van der Waals surface area contributed by atoms with E-state index >= 15 is 0 Å². The Balaban J connectivity index is 1.56. The van der Waals surface area contributed by atoms with Gasteiger partial charge < -0.3 is 19.9 Å². The minimum absolute atomic E-state index is 0.153. The van der Waals surface area contributed by atoms with E-state index in [1.165, 1.54) is 25.9 Å². The van der Waals surface area contributed by atoms with E-state index in [9.17, 15) is 4.79 Å². The highest BCUT2D eigenvalue weighted by Crippen LogP contribution is 2.21. The molecule has 2 aliphatic heterocycles. The minimum Gasteiger partial charge on any atom is -0.444 e. The van der Waals surface area contributed by atoms with Crippen molar-refractivity contribution in [1.82, 2.24) is 15.1 Å². The number of amides is 1. The fourth-order valence-corrected chi connectivity index (χ4v) is 3.44. The second-order valence-electron chi connectivity index (χ2n) is 8.32. The lowest BCUT2D eigenvalue weighted by atomic mass is 9.97. The molecule has 0 aliphatic carbocycles. The Morgan fingerprint density at radius 3 is 2.43 bits per heavy atom. The van der Waals surface area contributed by atoms with Gasteiger partial charge in [-0.15, -0.1) is 0 Å². The first kappa shape index (κ1) is 18.5. The number of nitrogens with one attached hydrogen (secondary N) is 1. The van der Waals surface area contributed by atoms with Gasteiger partial charge in [-0.2, -0.15) is 0 Å². The monoisotopic (exact) mass is 325 g/mol. The molecule has 5 heteroatoms. The Labute approximate surface area is 141 Å². The normalized spacial score (nSPS) is 24.2. The Bertz CT molecular complexity index is 373. The molecule has 0 aromatic heterocycles. The van der Waals surface area contributed by atoms with Crippen molar-refractivity contribution in [3.8, 4) is 0 Å². The van der Waals surface area contributed by atoms with Crippen molar-refractivity contribution in [1.29, 1.82) is 0 Å². The fourth-order valence-electron chi connectivity index (χ4n) is 3.44. The summed E-state index contributed by atoms with van der Waals surface area (Å²) in [5.74, 6) is 1.46. The Morgan fingerprint density at radius 2 is 1.78 bits per heavy atom. The van der Waals surface area contributed by atoms with Crippen LogP contribution in [-0.2, 0) is 4.74 Å². The zero-order chi connectivity index (χ0) is 16.9. The Hall–Kier alpha value is -0.810. The van der Waals surface area contributed by atoms with E-state index in [1.54, 1.807) is 0 Å². The highest BCUT2D eigenvalue weighted by Gasteiger charge is 2.29. The van der Waals surface area contributed by atoms with Crippen LogP contribution in [0.2, 0.25) is 0 Å². The Morgan fingerprint density at radius 1 is 1.13 bits per heavy atom. The number of hydrogen-bond acceptors (Lipinski definition) is 4. The molecule has 2 rings (SSSR count). The molecule has 1 atom stereocenters. The zero-order valence-electron chi connectivity index (χ0n) is 15.4. The van der Waals surface area contributed by atoms with Crippen molar-refractivity contribution in [2.24, 2.45) is 11.8 Å². The maximum atomic E-state index is 12.1. The lowest BCUT2D eigenvalue weighted by Gasteiger charge is -2.29. The second kappa shape index (κ2) is 8.34. The summed E-state index contributed by atoms with van der Waals surface area (Å²) in [6.07, 6.45) is 4.75. The third kappa shape index (κ3) is 6.68. The molecular formula is C18H35N3O2. The van der Waals surface area contributed by atoms with Crippen LogP contribution < -0.4 is 5.32 Å². The van der Waals surface area contributed by atoms with Gasteiger partial charge in [0.25, 0.3) is 0 Å².